The summed E-state index contributed by atoms with van der Waals surface area (Å²) in [5.41, 5.74) is 5.91. The third-order valence-electron chi connectivity index (χ3n) is 4.05. The smallest absolute Gasteiger partial charge is 0.00110 e. The van der Waals surface area contributed by atoms with E-state index in [1.54, 1.807) is 0 Å². The van der Waals surface area contributed by atoms with Gasteiger partial charge in [-0.15, -0.1) is 0 Å². The average Bonchev–Trinajstić information content (AvgIpc) is 2.67. The zero-order chi connectivity index (χ0) is 15.5. The van der Waals surface area contributed by atoms with Gasteiger partial charge in [0.2, 0.25) is 0 Å². The minimum absolute atomic E-state index is 0.151. The van der Waals surface area contributed by atoms with Gasteiger partial charge < -0.3 is 0 Å². The molecule has 0 spiro atoms. The van der Waals surface area contributed by atoms with Gasteiger partial charge in [0.1, 0.15) is 0 Å². The Morgan fingerprint density at radius 2 is 1.90 bits per heavy atom. The second-order valence-electron chi connectivity index (χ2n) is 7.07. The highest BCUT2D eigenvalue weighted by Crippen LogP contribution is 2.41. The molecule has 0 saturated carbocycles. The van der Waals surface area contributed by atoms with E-state index in [1.807, 2.05) is 0 Å². The van der Waals surface area contributed by atoms with Crippen LogP contribution in [0.2, 0.25) is 0 Å². The Morgan fingerprint density at radius 3 is 2.57 bits per heavy atom. The summed E-state index contributed by atoms with van der Waals surface area (Å²) >= 11 is 0. The molecule has 2 aliphatic carbocycles. The van der Waals surface area contributed by atoms with Gasteiger partial charge in [-0.3, -0.25) is 0 Å². The number of hydrogen-bond donors (Lipinski definition) is 0. The van der Waals surface area contributed by atoms with E-state index in [0.717, 1.165) is 12.8 Å². The summed E-state index contributed by atoms with van der Waals surface area (Å²) in [6.07, 6.45) is 20.5. The predicted octanol–water partition coefficient (Wildman–Crippen LogP) is 6.31. The van der Waals surface area contributed by atoms with Crippen molar-refractivity contribution in [3.63, 3.8) is 0 Å². The van der Waals surface area contributed by atoms with E-state index in [-0.39, 0.29) is 5.41 Å². The number of allylic oxidation sites excluding steroid dienone is 12. The normalized spacial score (nSPS) is 24.7. The van der Waals surface area contributed by atoms with Gasteiger partial charge in [0.15, 0.2) is 0 Å². The van der Waals surface area contributed by atoms with Crippen molar-refractivity contribution in [2.75, 3.05) is 0 Å². The zero-order valence-corrected chi connectivity index (χ0v) is 14.1. The number of rotatable bonds is 3. The van der Waals surface area contributed by atoms with Gasteiger partial charge in [0.05, 0.1) is 0 Å². The highest BCUT2D eigenvalue weighted by molar-refractivity contribution is 5.65. The van der Waals surface area contributed by atoms with Gasteiger partial charge in [-0.25, -0.2) is 0 Å². The first-order chi connectivity index (χ1) is 9.93. The van der Waals surface area contributed by atoms with Crippen LogP contribution in [-0.2, 0) is 0 Å². The molecule has 0 aromatic carbocycles. The molecule has 2 aliphatic rings. The van der Waals surface area contributed by atoms with E-state index in [2.05, 4.69) is 83.2 Å². The van der Waals surface area contributed by atoms with Gasteiger partial charge >= 0.3 is 0 Å². The molecule has 0 amide bonds. The van der Waals surface area contributed by atoms with Crippen LogP contribution in [0.25, 0.3) is 0 Å². The summed E-state index contributed by atoms with van der Waals surface area (Å²) in [6.45, 7) is 11.1. The molecule has 0 nitrogen and oxygen atoms in total. The molecule has 0 N–H and O–H groups in total. The molecule has 0 atom stereocenters. The van der Waals surface area contributed by atoms with Crippen molar-refractivity contribution in [1.82, 2.24) is 0 Å². The molecule has 0 aliphatic heterocycles. The van der Waals surface area contributed by atoms with Gasteiger partial charge in [-0.05, 0) is 48.0 Å². The molecular formula is C21H28. The van der Waals surface area contributed by atoms with E-state index < -0.39 is 0 Å². The van der Waals surface area contributed by atoms with E-state index in [9.17, 15) is 0 Å². The van der Waals surface area contributed by atoms with Crippen molar-refractivity contribution in [2.45, 2.75) is 47.5 Å². The average molecular weight is 280 g/mol. The van der Waals surface area contributed by atoms with Crippen LogP contribution in [0.3, 0.4) is 0 Å². The van der Waals surface area contributed by atoms with Crippen LogP contribution < -0.4 is 0 Å². The Kier molecular flexibility index (Phi) is 4.88. The molecule has 0 aromatic heterocycles. The van der Waals surface area contributed by atoms with Crippen molar-refractivity contribution in [2.24, 2.45) is 11.3 Å². The second-order valence-corrected chi connectivity index (χ2v) is 7.07. The van der Waals surface area contributed by atoms with Crippen LogP contribution in [0.4, 0.5) is 0 Å². The maximum Gasteiger partial charge on any atom is 0.00110 e. The fraction of sp³-hybridized carbons (Fsp3) is 0.429. The summed E-state index contributed by atoms with van der Waals surface area (Å²) in [4.78, 5) is 0. The Balaban J connectivity index is 2.39. The second kappa shape index (κ2) is 6.47. The first kappa shape index (κ1) is 15.8. The minimum Gasteiger partial charge on any atom is -0.0876 e. The number of hydrogen-bond acceptors (Lipinski definition) is 0. The Labute approximate surface area is 130 Å². The highest BCUT2D eigenvalue weighted by Gasteiger charge is 2.24. The molecule has 0 saturated heterocycles. The van der Waals surface area contributed by atoms with Crippen LogP contribution in [0.1, 0.15) is 47.5 Å². The summed E-state index contributed by atoms with van der Waals surface area (Å²) in [5.74, 6) is 0.714. The Bertz CT molecular complexity index is 569. The molecule has 0 fully saturated rings. The van der Waals surface area contributed by atoms with Crippen molar-refractivity contribution in [3.05, 3.63) is 70.9 Å². The summed E-state index contributed by atoms with van der Waals surface area (Å²) in [7, 11) is 0. The predicted molar refractivity (Wildman–Crippen MR) is 94.1 cm³/mol. The maximum atomic E-state index is 2.43. The lowest BCUT2D eigenvalue weighted by atomic mass is 9.91. The van der Waals surface area contributed by atoms with Crippen molar-refractivity contribution in [1.29, 1.82) is 0 Å². The van der Waals surface area contributed by atoms with E-state index in [0.29, 0.717) is 5.92 Å². The first-order valence-electron chi connectivity index (χ1n) is 8.07. The topological polar surface area (TPSA) is 0 Å². The molecule has 0 bridgehead atoms. The lowest BCUT2D eigenvalue weighted by molar-refractivity contribution is 0.626. The monoisotopic (exact) mass is 280 g/mol. The van der Waals surface area contributed by atoms with Crippen LogP contribution in [0.15, 0.2) is 70.9 Å². The van der Waals surface area contributed by atoms with Gasteiger partial charge in [-0.1, -0.05) is 76.3 Å². The van der Waals surface area contributed by atoms with Crippen LogP contribution in [0.5, 0.6) is 0 Å². The lowest BCUT2D eigenvalue weighted by Gasteiger charge is -2.13. The van der Waals surface area contributed by atoms with Gasteiger partial charge in [0.25, 0.3) is 0 Å². The Hall–Kier alpha value is -1.56. The molecule has 112 valence electrons. The van der Waals surface area contributed by atoms with E-state index >= 15 is 0 Å². The van der Waals surface area contributed by atoms with Crippen LogP contribution in [0, 0.1) is 11.3 Å². The maximum absolute atomic E-state index is 2.43. The molecule has 21 heavy (non-hydrogen) atoms. The summed E-state index contributed by atoms with van der Waals surface area (Å²) in [5, 5.41) is 0. The lowest BCUT2D eigenvalue weighted by Crippen LogP contribution is -2.01. The molecule has 0 heterocycles. The molecule has 0 radical (unpaired) electrons. The fourth-order valence-electron chi connectivity index (χ4n) is 2.71. The minimum atomic E-state index is 0.151. The standard InChI is InChI=1S/C21H28/c1-6-7-8-19-17(10-9-16(2)3)15-18-11-13-21(4,5)14-12-20(18)19/h6-8,10-14,16H,9,15H2,1-5H3/b7-6+,17-10-,19-8+. The van der Waals surface area contributed by atoms with Crippen LogP contribution in [-0.4, -0.2) is 0 Å². The molecule has 0 heteroatoms. The zero-order valence-electron chi connectivity index (χ0n) is 14.1. The summed E-state index contributed by atoms with van der Waals surface area (Å²) < 4.78 is 0. The molecule has 0 unspecified atom stereocenters. The van der Waals surface area contributed by atoms with Crippen molar-refractivity contribution in [3.8, 4) is 0 Å². The van der Waals surface area contributed by atoms with Crippen LogP contribution >= 0.6 is 0 Å². The summed E-state index contributed by atoms with van der Waals surface area (Å²) in [6, 6.07) is 0. The largest absolute Gasteiger partial charge is 0.0876 e. The van der Waals surface area contributed by atoms with Gasteiger partial charge in [-0.2, -0.15) is 0 Å². The van der Waals surface area contributed by atoms with Gasteiger partial charge in [0, 0.05) is 5.41 Å². The molecule has 0 aromatic rings. The SMILES string of the molecule is C/C=C/C=C1/C2=C(C=CC(C)(C)C=C2)C/C1=C/CC(C)C. The Morgan fingerprint density at radius 1 is 1.19 bits per heavy atom. The first-order valence-corrected chi connectivity index (χ1v) is 8.07. The molecule has 2 rings (SSSR count). The highest BCUT2D eigenvalue weighted by atomic mass is 14.3. The third kappa shape index (κ3) is 3.97. The van der Waals surface area contributed by atoms with E-state index in [4.69, 9.17) is 0 Å². The van der Waals surface area contributed by atoms with E-state index in [1.165, 1.54) is 22.3 Å². The quantitative estimate of drug-likeness (QED) is 0.568. The fourth-order valence-corrected chi connectivity index (χ4v) is 2.71. The van der Waals surface area contributed by atoms with Crippen molar-refractivity contribution >= 4 is 0 Å². The third-order valence-corrected chi connectivity index (χ3v) is 4.05. The van der Waals surface area contributed by atoms with Crippen molar-refractivity contribution < 1.29 is 0 Å². The molecular weight excluding hydrogens is 252 g/mol.